The van der Waals surface area contributed by atoms with Crippen molar-refractivity contribution < 1.29 is 13.5 Å². The number of rotatable bonds is 5. The molecule has 1 aliphatic rings. The number of fused-ring (bicyclic) bond motifs is 1. The maximum Gasteiger partial charge on any atom is 0.419 e. The van der Waals surface area contributed by atoms with Gasteiger partial charge in [0.15, 0.2) is 5.58 Å². The second-order valence-electron chi connectivity index (χ2n) is 6.83. The second kappa shape index (κ2) is 7.85. The van der Waals surface area contributed by atoms with Gasteiger partial charge < -0.3 is 14.1 Å². The van der Waals surface area contributed by atoms with E-state index in [0.717, 1.165) is 38.4 Å². The predicted octanol–water partition coefficient (Wildman–Crippen LogP) is 3.13. The van der Waals surface area contributed by atoms with Gasteiger partial charge >= 0.3 is 5.76 Å². The standard InChI is InChI=1S/C20H21ClFN3O3/c1-23-17-11-14(21)12-18(19(17)28-20(23)26)25-7-5-24(6-8-25)9-10-27-16-4-2-3-15(22)13-16/h2-4,11-13H,5-10H2,1H3. The topological polar surface area (TPSA) is 50.9 Å². The molecule has 0 atom stereocenters. The first kappa shape index (κ1) is 18.8. The van der Waals surface area contributed by atoms with Gasteiger partial charge in [0.2, 0.25) is 0 Å². The minimum atomic E-state index is -0.397. The van der Waals surface area contributed by atoms with Gasteiger partial charge in [-0.1, -0.05) is 17.7 Å². The van der Waals surface area contributed by atoms with Crippen molar-refractivity contribution in [1.82, 2.24) is 9.47 Å². The highest BCUT2D eigenvalue weighted by Crippen LogP contribution is 2.31. The Hall–Kier alpha value is -2.51. The molecule has 1 fully saturated rings. The van der Waals surface area contributed by atoms with Crippen LogP contribution in [0.2, 0.25) is 5.02 Å². The first-order chi connectivity index (χ1) is 13.5. The highest BCUT2D eigenvalue weighted by atomic mass is 35.5. The summed E-state index contributed by atoms with van der Waals surface area (Å²) in [7, 11) is 1.67. The summed E-state index contributed by atoms with van der Waals surface area (Å²) in [5.74, 6) is -0.155. The minimum absolute atomic E-state index is 0.300. The minimum Gasteiger partial charge on any atom is -0.492 e. The molecule has 0 unspecified atom stereocenters. The van der Waals surface area contributed by atoms with Crippen molar-refractivity contribution in [1.29, 1.82) is 0 Å². The SMILES string of the molecule is Cn1c(=O)oc2c(N3CCN(CCOc4cccc(F)c4)CC3)cc(Cl)cc21. The van der Waals surface area contributed by atoms with Gasteiger partial charge in [-0.2, -0.15) is 0 Å². The third-order valence-electron chi connectivity index (χ3n) is 5.02. The molecule has 1 saturated heterocycles. The van der Waals surface area contributed by atoms with Crippen LogP contribution in [-0.4, -0.2) is 48.8 Å². The summed E-state index contributed by atoms with van der Waals surface area (Å²) in [5.41, 5.74) is 2.11. The summed E-state index contributed by atoms with van der Waals surface area (Å²) in [4.78, 5) is 16.4. The van der Waals surface area contributed by atoms with E-state index in [2.05, 4.69) is 9.80 Å². The van der Waals surface area contributed by atoms with E-state index in [-0.39, 0.29) is 5.82 Å². The van der Waals surface area contributed by atoms with E-state index in [9.17, 15) is 9.18 Å². The van der Waals surface area contributed by atoms with Crippen LogP contribution in [0.4, 0.5) is 10.1 Å². The molecule has 1 aliphatic heterocycles. The first-order valence-corrected chi connectivity index (χ1v) is 9.54. The van der Waals surface area contributed by atoms with Crippen molar-refractivity contribution in [3.63, 3.8) is 0 Å². The van der Waals surface area contributed by atoms with Gasteiger partial charge in [-0.25, -0.2) is 9.18 Å². The molecular weight excluding hydrogens is 385 g/mol. The van der Waals surface area contributed by atoms with Crippen LogP contribution >= 0.6 is 11.6 Å². The van der Waals surface area contributed by atoms with Crippen LogP contribution in [0.1, 0.15) is 0 Å². The lowest BCUT2D eigenvalue weighted by Gasteiger charge is -2.35. The number of aromatic nitrogens is 1. The van der Waals surface area contributed by atoms with Crippen molar-refractivity contribution in [2.24, 2.45) is 7.05 Å². The molecule has 6 nitrogen and oxygen atoms in total. The molecule has 0 radical (unpaired) electrons. The highest BCUT2D eigenvalue weighted by Gasteiger charge is 2.22. The summed E-state index contributed by atoms with van der Waals surface area (Å²) in [5, 5.41) is 0.574. The highest BCUT2D eigenvalue weighted by molar-refractivity contribution is 6.31. The molecular formula is C20H21ClFN3O3. The summed E-state index contributed by atoms with van der Waals surface area (Å²) in [6, 6.07) is 9.75. The largest absolute Gasteiger partial charge is 0.492 e. The summed E-state index contributed by atoms with van der Waals surface area (Å²) >= 11 is 6.25. The van der Waals surface area contributed by atoms with Crippen LogP contribution in [0.15, 0.2) is 45.6 Å². The molecule has 0 N–H and O–H groups in total. The van der Waals surface area contributed by atoms with E-state index in [0.29, 0.717) is 28.5 Å². The van der Waals surface area contributed by atoms with Crippen molar-refractivity contribution in [2.75, 3.05) is 44.2 Å². The lowest BCUT2D eigenvalue weighted by Crippen LogP contribution is -2.47. The van der Waals surface area contributed by atoms with Gasteiger partial charge in [0.25, 0.3) is 0 Å². The summed E-state index contributed by atoms with van der Waals surface area (Å²) < 4.78 is 25.7. The van der Waals surface area contributed by atoms with E-state index in [1.165, 1.54) is 16.7 Å². The van der Waals surface area contributed by atoms with E-state index < -0.39 is 5.76 Å². The molecule has 0 amide bonds. The van der Waals surface area contributed by atoms with Gasteiger partial charge in [-0.05, 0) is 24.3 Å². The Morgan fingerprint density at radius 3 is 2.71 bits per heavy atom. The van der Waals surface area contributed by atoms with Crippen molar-refractivity contribution in [3.8, 4) is 5.75 Å². The van der Waals surface area contributed by atoms with Gasteiger partial charge in [0.05, 0.1) is 11.2 Å². The van der Waals surface area contributed by atoms with E-state index in [4.69, 9.17) is 20.8 Å². The fourth-order valence-corrected chi connectivity index (χ4v) is 3.68. The molecule has 4 rings (SSSR count). The van der Waals surface area contributed by atoms with Crippen LogP contribution in [0, 0.1) is 5.82 Å². The van der Waals surface area contributed by atoms with E-state index >= 15 is 0 Å². The lowest BCUT2D eigenvalue weighted by atomic mass is 10.2. The maximum absolute atomic E-state index is 13.2. The van der Waals surface area contributed by atoms with Crippen LogP contribution in [0.5, 0.6) is 5.75 Å². The molecule has 0 spiro atoms. The number of halogens is 2. The average molecular weight is 406 g/mol. The van der Waals surface area contributed by atoms with Gasteiger partial charge in [0, 0.05) is 50.9 Å². The Labute approximate surface area is 166 Å². The van der Waals surface area contributed by atoms with Crippen molar-refractivity contribution in [3.05, 3.63) is 57.8 Å². The molecule has 2 aromatic carbocycles. The van der Waals surface area contributed by atoms with Crippen LogP contribution in [0.25, 0.3) is 11.1 Å². The molecule has 0 saturated carbocycles. The molecule has 2 heterocycles. The smallest absolute Gasteiger partial charge is 0.419 e. The fraction of sp³-hybridized carbons (Fsp3) is 0.350. The molecule has 0 bridgehead atoms. The Bertz CT molecular complexity index is 1040. The van der Waals surface area contributed by atoms with Crippen molar-refractivity contribution >= 4 is 28.4 Å². The number of hydrogen-bond donors (Lipinski definition) is 0. The van der Waals surface area contributed by atoms with Gasteiger partial charge in [-0.15, -0.1) is 0 Å². The zero-order valence-electron chi connectivity index (χ0n) is 15.5. The first-order valence-electron chi connectivity index (χ1n) is 9.16. The number of ether oxygens (including phenoxy) is 1. The molecule has 8 heteroatoms. The predicted molar refractivity (Wildman–Crippen MR) is 107 cm³/mol. The van der Waals surface area contributed by atoms with Crippen LogP contribution in [-0.2, 0) is 7.05 Å². The maximum atomic E-state index is 13.2. The number of anilines is 1. The van der Waals surface area contributed by atoms with Crippen molar-refractivity contribution in [2.45, 2.75) is 0 Å². The Kier molecular flexibility index (Phi) is 5.28. The van der Waals surface area contributed by atoms with Crippen LogP contribution in [0.3, 0.4) is 0 Å². The Morgan fingerprint density at radius 2 is 1.96 bits per heavy atom. The number of benzene rings is 2. The monoisotopic (exact) mass is 405 g/mol. The van der Waals surface area contributed by atoms with Gasteiger partial charge in [0.1, 0.15) is 18.2 Å². The van der Waals surface area contributed by atoms with E-state index in [1.807, 2.05) is 6.07 Å². The zero-order valence-corrected chi connectivity index (χ0v) is 16.3. The van der Waals surface area contributed by atoms with Crippen LogP contribution < -0.4 is 15.4 Å². The third kappa shape index (κ3) is 3.86. The third-order valence-corrected chi connectivity index (χ3v) is 5.24. The lowest BCUT2D eigenvalue weighted by molar-refractivity contribution is 0.200. The van der Waals surface area contributed by atoms with Gasteiger partial charge in [-0.3, -0.25) is 9.47 Å². The number of oxazole rings is 1. The second-order valence-corrected chi connectivity index (χ2v) is 7.27. The summed E-state index contributed by atoms with van der Waals surface area (Å²) in [6.07, 6.45) is 0. The zero-order chi connectivity index (χ0) is 19.7. The number of piperazine rings is 1. The molecule has 0 aliphatic carbocycles. The number of aryl methyl sites for hydroxylation is 1. The molecule has 28 heavy (non-hydrogen) atoms. The Balaban J connectivity index is 1.37. The molecule has 1 aromatic heterocycles. The fourth-order valence-electron chi connectivity index (χ4n) is 3.47. The number of hydrogen-bond acceptors (Lipinski definition) is 5. The quantitative estimate of drug-likeness (QED) is 0.652. The normalized spacial score (nSPS) is 15.3. The number of nitrogens with zero attached hydrogens (tertiary/aromatic N) is 3. The Morgan fingerprint density at radius 1 is 1.18 bits per heavy atom. The average Bonchev–Trinajstić information content (AvgIpc) is 2.96. The summed E-state index contributed by atoms with van der Waals surface area (Å²) in [6.45, 7) is 4.52. The molecule has 3 aromatic rings. The molecule has 148 valence electrons. The van der Waals surface area contributed by atoms with E-state index in [1.54, 1.807) is 25.2 Å².